The number of benzene rings is 2. The van der Waals surface area contributed by atoms with Crippen molar-refractivity contribution in [2.45, 2.75) is 20.8 Å². The Morgan fingerprint density at radius 3 is 2.46 bits per heavy atom. The Morgan fingerprint density at radius 2 is 1.71 bits per heavy atom. The highest BCUT2D eigenvalue weighted by molar-refractivity contribution is 7.25. The van der Waals surface area contributed by atoms with Gasteiger partial charge in [0, 0.05) is 16.6 Å². The molecule has 0 saturated heterocycles. The predicted molar refractivity (Wildman–Crippen MR) is 140 cm³/mol. The second kappa shape index (κ2) is 7.85. The number of nitrogens with zero attached hydrogens (tertiary/aromatic N) is 5. The quantitative estimate of drug-likeness (QED) is 0.372. The second-order valence-corrected chi connectivity index (χ2v) is 9.49. The maximum atomic E-state index is 13.7. The molecule has 0 bridgehead atoms. The lowest BCUT2D eigenvalue weighted by atomic mass is 10.1. The van der Waals surface area contributed by atoms with Crippen LogP contribution in [0.3, 0.4) is 0 Å². The SMILES string of the molecule is Cc1ccc(N2N=C(C(=O)c3ccccc3)Nn3c2nc2c(sc4nc(C)cc(C)c42)c3=O)cc1. The third-order valence-corrected chi connectivity index (χ3v) is 6.97. The van der Waals surface area contributed by atoms with E-state index < -0.39 is 0 Å². The number of carbonyl (C=O) groups excluding carboxylic acids is 1. The molecular formula is C26H20N6O2S. The first-order chi connectivity index (χ1) is 16.9. The summed E-state index contributed by atoms with van der Waals surface area (Å²) in [5, 5.41) is 6.99. The van der Waals surface area contributed by atoms with Crippen LogP contribution in [-0.4, -0.2) is 26.3 Å². The summed E-state index contributed by atoms with van der Waals surface area (Å²) in [7, 11) is 0. The van der Waals surface area contributed by atoms with Crippen molar-refractivity contribution in [2.24, 2.45) is 5.10 Å². The lowest BCUT2D eigenvalue weighted by Crippen LogP contribution is -2.44. The van der Waals surface area contributed by atoms with Crippen molar-refractivity contribution < 1.29 is 4.79 Å². The summed E-state index contributed by atoms with van der Waals surface area (Å²) in [6.45, 7) is 5.91. The normalized spacial score (nSPS) is 13.0. The number of aromatic nitrogens is 3. The van der Waals surface area contributed by atoms with E-state index in [1.165, 1.54) is 21.0 Å². The molecule has 4 heterocycles. The molecule has 35 heavy (non-hydrogen) atoms. The molecule has 0 saturated carbocycles. The van der Waals surface area contributed by atoms with E-state index in [-0.39, 0.29) is 23.1 Å². The molecular weight excluding hydrogens is 460 g/mol. The van der Waals surface area contributed by atoms with E-state index in [0.717, 1.165) is 27.0 Å². The standard InChI is InChI=1S/C26H20N6O2S/c1-14-9-11-18(12-10-14)31-26-28-20-19-15(2)13-16(3)27-24(19)35-22(20)25(34)32(26)30-23(29-31)21(33)17-7-5-4-6-8-17/h4-13H,1-3H3,(H,29,30). The minimum atomic E-state index is -0.329. The van der Waals surface area contributed by atoms with E-state index >= 15 is 0 Å². The van der Waals surface area contributed by atoms with Crippen LogP contribution >= 0.6 is 11.3 Å². The van der Waals surface area contributed by atoms with Gasteiger partial charge >= 0.3 is 0 Å². The van der Waals surface area contributed by atoms with Crippen molar-refractivity contribution in [3.8, 4) is 0 Å². The molecule has 9 heteroatoms. The molecule has 0 radical (unpaired) electrons. The fraction of sp³-hybridized carbons (Fsp3) is 0.115. The van der Waals surface area contributed by atoms with Gasteiger partial charge in [-0.25, -0.2) is 9.97 Å². The van der Waals surface area contributed by atoms with Crippen LogP contribution in [0.2, 0.25) is 0 Å². The number of fused-ring (bicyclic) bond motifs is 4. The van der Waals surface area contributed by atoms with Crippen LogP contribution in [0, 0.1) is 20.8 Å². The molecule has 3 aromatic heterocycles. The van der Waals surface area contributed by atoms with Crippen LogP contribution in [0.25, 0.3) is 20.4 Å². The van der Waals surface area contributed by atoms with E-state index in [4.69, 9.17) is 4.98 Å². The average molecular weight is 481 g/mol. The number of nitrogens with one attached hydrogen (secondary N) is 1. The van der Waals surface area contributed by atoms with Crippen LogP contribution in [0.1, 0.15) is 27.2 Å². The summed E-state index contributed by atoms with van der Waals surface area (Å²) in [5.74, 6) is -0.0285. The number of anilines is 2. The summed E-state index contributed by atoms with van der Waals surface area (Å²) >= 11 is 1.30. The highest BCUT2D eigenvalue weighted by Crippen LogP contribution is 2.35. The molecule has 172 valence electrons. The first-order valence-corrected chi connectivity index (χ1v) is 11.9. The summed E-state index contributed by atoms with van der Waals surface area (Å²) in [4.78, 5) is 37.3. The smallest absolute Gasteiger partial charge is 0.285 e. The monoisotopic (exact) mass is 480 g/mol. The summed E-state index contributed by atoms with van der Waals surface area (Å²) in [6, 6.07) is 18.5. The average Bonchev–Trinajstić information content (AvgIpc) is 3.23. The van der Waals surface area contributed by atoms with Gasteiger partial charge in [0.1, 0.15) is 15.0 Å². The van der Waals surface area contributed by atoms with Crippen LogP contribution in [0.4, 0.5) is 11.6 Å². The fourth-order valence-corrected chi connectivity index (χ4v) is 5.38. The third-order valence-electron chi connectivity index (χ3n) is 5.91. The largest absolute Gasteiger partial charge is 0.292 e. The van der Waals surface area contributed by atoms with Gasteiger partial charge in [-0.05, 0) is 44.5 Å². The number of hydrazone groups is 1. The van der Waals surface area contributed by atoms with Crippen LogP contribution in [0.15, 0.2) is 70.6 Å². The summed E-state index contributed by atoms with van der Waals surface area (Å²) in [6.07, 6.45) is 0. The second-order valence-electron chi connectivity index (χ2n) is 8.50. The van der Waals surface area contributed by atoms with Crippen LogP contribution in [0.5, 0.6) is 0 Å². The van der Waals surface area contributed by atoms with Gasteiger partial charge in [0.05, 0.1) is 5.69 Å². The number of thiophene rings is 1. The Kier molecular flexibility index (Phi) is 4.75. The zero-order valence-corrected chi connectivity index (χ0v) is 20.1. The third kappa shape index (κ3) is 3.39. The van der Waals surface area contributed by atoms with Gasteiger partial charge in [-0.2, -0.15) is 9.69 Å². The topological polar surface area (TPSA) is 92.5 Å². The van der Waals surface area contributed by atoms with Crippen LogP contribution in [-0.2, 0) is 0 Å². The Hall–Kier alpha value is -4.37. The first kappa shape index (κ1) is 21.2. The zero-order valence-electron chi connectivity index (χ0n) is 19.2. The number of ketones is 1. The lowest BCUT2D eigenvalue weighted by molar-refractivity contribution is 0.106. The number of hydrogen-bond acceptors (Lipinski definition) is 8. The Bertz CT molecular complexity index is 1740. The summed E-state index contributed by atoms with van der Waals surface area (Å²) in [5.41, 5.74) is 7.30. The van der Waals surface area contributed by atoms with E-state index in [0.29, 0.717) is 21.5 Å². The van der Waals surface area contributed by atoms with Gasteiger partial charge in [0.15, 0.2) is 0 Å². The predicted octanol–water partition coefficient (Wildman–Crippen LogP) is 4.82. The number of aryl methyl sites for hydroxylation is 3. The zero-order chi connectivity index (χ0) is 24.3. The molecule has 6 rings (SSSR count). The number of carbonyl (C=O) groups is 1. The first-order valence-electron chi connectivity index (χ1n) is 11.1. The van der Waals surface area contributed by atoms with Gasteiger partial charge in [0.25, 0.3) is 11.5 Å². The molecule has 1 aliphatic heterocycles. The molecule has 0 unspecified atom stereocenters. The highest BCUT2D eigenvalue weighted by atomic mass is 32.1. The van der Waals surface area contributed by atoms with Gasteiger partial charge in [0.2, 0.25) is 11.6 Å². The van der Waals surface area contributed by atoms with Gasteiger partial charge in [-0.15, -0.1) is 16.4 Å². The molecule has 0 amide bonds. The Morgan fingerprint density at radius 1 is 0.971 bits per heavy atom. The van der Waals surface area contributed by atoms with E-state index in [9.17, 15) is 9.59 Å². The van der Waals surface area contributed by atoms with E-state index in [1.807, 2.05) is 57.2 Å². The highest BCUT2D eigenvalue weighted by Gasteiger charge is 2.29. The molecule has 0 spiro atoms. The van der Waals surface area contributed by atoms with Gasteiger partial charge in [-0.1, -0.05) is 48.0 Å². The molecule has 0 atom stereocenters. The van der Waals surface area contributed by atoms with Gasteiger partial charge < -0.3 is 0 Å². The molecule has 1 N–H and O–H groups in total. The molecule has 5 aromatic rings. The molecule has 0 aliphatic carbocycles. The number of pyridine rings is 1. The molecule has 2 aromatic carbocycles. The van der Waals surface area contributed by atoms with Crippen molar-refractivity contribution in [3.63, 3.8) is 0 Å². The maximum Gasteiger partial charge on any atom is 0.292 e. The van der Waals surface area contributed by atoms with Gasteiger partial charge in [-0.3, -0.25) is 15.0 Å². The fourth-order valence-electron chi connectivity index (χ4n) is 4.21. The molecule has 8 nitrogen and oxygen atoms in total. The Balaban J connectivity index is 1.62. The molecule has 0 fully saturated rings. The minimum absolute atomic E-state index is 0.0267. The number of hydrogen-bond donors (Lipinski definition) is 1. The van der Waals surface area contributed by atoms with Crippen molar-refractivity contribution in [1.82, 2.24) is 14.6 Å². The Labute approximate surface area is 204 Å². The number of amidine groups is 1. The minimum Gasteiger partial charge on any atom is -0.285 e. The lowest BCUT2D eigenvalue weighted by Gasteiger charge is -2.28. The number of rotatable bonds is 3. The maximum absolute atomic E-state index is 13.7. The van der Waals surface area contributed by atoms with Crippen LogP contribution < -0.4 is 16.0 Å². The van der Waals surface area contributed by atoms with Crippen molar-refractivity contribution >= 4 is 55.0 Å². The van der Waals surface area contributed by atoms with Crippen molar-refractivity contribution in [2.75, 3.05) is 10.4 Å². The molecule has 1 aliphatic rings. The summed E-state index contributed by atoms with van der Waals surface area (Å²) < 4.78 is 1.76. The number of Topliss-reactive ketones (excluding diaryl/α,β-unsaturated/α-hetero) is 1. The van der Waals surface area contributed by atoms with Crippen molar-refractivity contribution in [1.29, 1.82) is 0 Å². The van der Waals surface area contributed by atoms with E-state index in [2.05, 4.69) is 15.5 Å². The van der Waals surface area contributed by atoms with E-state index in [1.54, 1.807) is 24.3 Å². The van der Waals surface area contributed by atoms with Crippen molar-refractivity contribution in [3.05, 3.63) is 93.4 Å².